The maximum absolute atomic E-state index is 13.5. The number of benzene rings is 2. The Bertz CT molecular complexity index is 1490. The second-order valence-electron chi connectivity index (χ2n) is 14.5. The standard InChI is InChI=1S/C38H54ClN3O5S/c1-6-8-28-19-32(39)12-13-33(28)31-22-42-21-30-10-14-34(30)38(45,24-41(17-18-43)25(2)3)16-7-9-26(4)27(5)48(46)40-37(44)29-11-15-36(47-23-31)35(42)20-29/h7,11-13,15-16,19-20,25-27,30-31,34,43,45H,6,8-10,14,17-18,21-24H2,1-5H3,(H,40,44)/b16-7+/t26?,27?,30?,31?,34?,38-,48?/m1/s1. The number of carbonyl (C=O) groups is 1. The number of hydrogen-bond acceptors (Lipinski definition) is 7. The Hall–Kier alpha value is -2.43. The maximum Gasteiger partial charge on any atom is 0.263 e. The van der Waals surface area contributed by atoms with Crippen LogP contribution in [0.25, 0.3) is 0 Å². The molecule has 0 radical (unpaired) electrons. The van der Waals surface area contributed by atoms with Gasteiger partial charge in [-0.3, -0.25) is 14.4 Å². The number of fused-ring (bicyclic) bond motifs is 2. The van der Waals surface area contributed by atoms with Gasteiger partial charge in [0.1, 0.15) is 16.7 Å². The summed E-state index contributed by atoms with van der Waals surface area (Å²) in [5.74, 6) is 0.622. The molecule has 5 rings (SSSR count). The maximum atomic E-state index is 13.5. The molecule has 0 aromatic heterocycles. The average Bonchev–Trinajstić information content (AvgIpc) is 3.21. The topological polar surface area (TPSA) is 102 Å². The summed E-state index contributed by atoms with van der Waals surface area (Å²) in [7, 11) is -1.60. The number of nitrogens with zero attached hydrogens (tertiary/aromatic N) is 2. The summed E-state index contributed by atoms with van der Waals surface area (Å²) < 4.78 is 22.6. The van der Waals surface area contributed by atoms with Gasteiger partial charge in [-0.05, 0) is 106 Å². The molecule has 0 spiro atoms. The SMILES string of the molecule is CCCc1cc(Cl)ccc1C1COc2ccc3cc2N(C1)CC1CCC1[C@](O)(CN(CCO)C(C)C)/C=C/CC(C)C(C)S(=O)NC3=O. The molecule has 2 aliphatic heterocycles. The first kappa shape index (κ1) is 36.8. The minimum Gasteiger partial charge on any atom is -0.491 e. The van der Waals surface area contributed by atoms with Crippen molar-refractivity contribution in [2.45, 2.75) is 89.5 Å². The lowest BCUT2D eigenvalue weighted by molar-refractivity contribution is -0.0705. The van der Waals surface area contributed by atoms with Gasteiger partial charge in [-0.25, -0.2) is 4.21 Å². The molecule has 1 amide bonds. The van der Waals surface area contributed by atoms with Gasteiger partial charge in [0, 0.05) is 48.7 Å². The molecular formula is C38H54ClN3O5S. The smallest absolute Gasteiger partial charge is 0.263 e. The van der Waals surface area contributed by atoms with Gasteiger partial charge < -0.3 is 19.8 Å². The number of aryl methyl sites for hydroxylation is 1. The Kier molecular flexibility index (Phi) is 12.3. The van der Waals surface area contributed by atoms with Crippen LogP contribution >= 0.6 is 11.6 Å². The number of rotatable bonds is 8. The van der Waals surface area contributed by atoms with E-state index in [1.165, 1.54) is 11.1 Å². The number of aliphatic hydroxyl groups is 2. The second kappa shape index (κ2) is 16.1. The van der Waals surface area contributed by atoms with Crippen LogP contribution in [-0.4, -0.2) is 81.5 Å². The summed E-state index contributed by atoms with van der Waals surface area (Å²) in [5.41, 5.74) is 2.62. The summed E-state index contributed by atoms with van der Waals surface area (Å²) in [5, 5.41) is 22.8. The predicted octanol–water partition coefficient (Wildman–Crippen LogP) is 6.11. The van der Waals surface area contributed by atoms with Gasteiger partial charge in [0.2, 0.25) is 0 Å². The monoisotopic (exact) mass is 699 g/mol. The van der Waals surface area contributed by atoms with Crippen LogP contribution < -0.4 is 14.4 Å². The van der Waals surface area contributed by atoms with Crippen molar-refractivity contribution in [1.29, 1.82) is 0 Å². The van der Waals surface area contributed by atoms with E-state index in [9.17, 15) is 19.2 Å². The van der Waals surface area contributed by atoms with Gasteiger partial charge in [-0.15, -0.1) is 0 Å². The highest BCUT2D eigenvalue weighted by Gasteiger charge is 2.47. The molecule has 48 heavy (non-hydrogen) atoms. The van der Waals surface area contributed by atoms with Gasteiger partial charge in [0.15, 0.2) is 0 Å². The van der Waals surface area contributed by atoms with Gasteiger partial charge in [-0.2, -0.15) is 0 Å². The third kappa shape index (κ3) is 8.29. The molecule has 0 saturated heterocycles. The highest BCUT2D eigenvalue weighted by atomic mass is 35.5. The zero-order valence-corrected chi connectivity index (χ0v) is 30.7. The molecule has 2 heterocycles. The van der Waals surface area contributed by atoms with Crippen molar-refractivity contribution in [3.05, 3.63) is 70.3 Å². The van der Waals surface area contributed by atoms with E-state index in [4.69, 9.17) is 16.3 Å². The largest absolute Gasteiger partial charge is 0.491 e. The highest BCUT2D eigenvalue weighted by Crippen LogP contribution is 2.46. The van der Waals surface area contributed by atoms with Crippen LogP contribution in [0, 0.1) is 17.8 Å². The normalized spacial score (nSPS) is 30.2. The van der Waals surface area contributed by atoms with E-state index in [0.717, 1.165) is 36.4 Å². The van der Waals surface area contributed by atoms with E-state index >= 15 is 0 Å². The molecule has 3 N–H and O–H groups in total. The molecule has 10 heteroatoms. The zero-order valence-electron chi connectivity index (χ0n) is 29.2. The lowest BCUT2D eigenvalue weighted by Gasteiger charge is -2.50. The van der Waals surface area contributed by atoms with Crippen LogP contribution in [0.1, 0.15) is 87.7 Å². The molecule has 1 fully saturated rings. The summed E-state index contributed by atoms with van der Waals surface area (Å²) >= 11 is 6.45. The first-order chi connectivity index (χ1) is 22.9. The molecular weight excluding hydrogens is 646 g/mol. The summed E-state index contributed by atoms with van der Waals surface area (Å²) in [4.78, 5) is 18.0. The third-order valence-electron chi connectivity index (χ3n) is 10.8. The highest BCUT2D eigenvalue weighted by molar-refractivity contribution is 7.84. The van der Waals surface area contributed by atoms with Gasteiger partial charge in [-0.1, -0.05) is 50.1 Å². The van der Waals surface area contributed by atoms with Crippen molar-refractivity contribution in [2.24, 2.45) is 17.8 Å². The van der Waals surface area contributed by atoms with E-state index in [2.05, 4.69) is 47.4 Å². The molecule has 6 unspecified atom stereocenters. The summed E-state index contributed by atoms with van der Waals surface area (Å²) in [6, 6.07) is 11.8. The van der Waals surface area contributed by atoms with E-state index in [0.29, 0.717) is 50.5 Å². The Morgan fingerprint density at radius 1 is 1.17 bits per heavy atom. The fraction of sp³-hybridized carbons (Fsp3) is 0.605. The number of halogens is 1. The van der Waals surface area contributed by atoms with Crippen LogP contribution in [0.2, 0.25) is 5.02 Å². The Morgan fingerprint density at radius 3 is 2.65 bits per heavy atom. The van der Waals surface area contributed by atoms with Crippen LogP contribution in [0.5, 0.6) is 5.75 Å². The molecule has 3 aliphatic rings. The number of aliphatic hydroxyl groups excluding tert-OH is 1. The molecule has 2 aromatic rings. The average molecular weight is 700 g/mol. The number of allylic oxidation sites excluding steroid dienone is 1. The van der Waals surface area contributed by atoms with Crippen molar-refractivity contribution in [2.75, 3.05) is 44.3 Å². The third-order valence-corrected chi connectivity index (χ3v) is 12.6. The van der Waals surface area contributed by atoms with Crippen LogP contribution in [-0.2, 0) is 17.4 Å². The summed E-state index contributed by atoms with van der Waals surface area (Å²) in [6.45, 7) is 13.1. The zero-order chi connectivity index (χ0) is 34.6. The van der Waals surface area contributed by atoms with Crippen LogP contribution in [0.3, 0.4) is 0 Å². The summed E-state index contributed by atoms with van der Waals surface area (Å²) in [6.07, 6.45) is 8.42. The van der Waals surface area contributed by atoms with Crippen molar-refractivity contribution >= 4 is 34.2 Å². The second-order valence-corrected chi connectivity index (χ2v) is 16.4. The number of carbonyl (C=O) groups excluding carboxylic acids is 1. The minimum absolute atomic E-state index is 0.00666. The lowest BCUT2D eigenvalue weighted by Crippen LogP contribution is -2.56. The fourth-order valence-corrected chi connectivity index (χ4v) is 8.80. The fourth-order valence-electron chi connectivity index (χ4n) is 7.58. The molecule has 2 aromatic carbocycles. The van der Waals surface area contributed by atoms with Gasteiger partial charge in [0.05, 0.1) is 29.8 Å². The Morgan fingerprint density at radius 2 is 1.96 bits per heavy atom. The van der Waals surface area contributed by atoms with E-state index in [1.807, 2.05) is 44.2 Å². The van der Waals surface area contributed by atoms with Gasteiger partial charge in [0.25, 0.3) is 5.91 Å². The number of hydrogen-bond donors (Lipinski definition) is 3. The van der Waals surface area contributed by atoms with Crippen LogP contribution in [0.15, 0.2) is 48.6 Å². The number of ether oxygens (including phenoxy) is 1. The van der Waals surface area contributed by atoms with Crippen molar-refractivity contribution in [3.8, 4) is 5.75 Å². The van der Waals surface area contributed by atoms with E-state index in [1.54, 1.807) is 6.07 Å². The number of nitrogens with one attached hydrogen (secondary N) is 1. The molecule has 264 valence electrons. The Balaban J connectivity index is 1.57. The molecule has 7 atom stereocenters. The van der Waals surface area contributed by atoms with Crippen molar-refractivity contribution in [1.82, 2.24) is 9.62 Å². The quantitative estimate of drug-likeness (QED) is 0.286. The lowest BCUT2D eigenvalue weighted by atomic mass is 9.64. The molecule has 1 aliphatic carbocycles. The molecule has 1 saturated carbocycles. The number of amides is 1. The van der Waals surface area contributed by atoms with E-state index < -0.39 is 16.6 Å². The molecule has 2 bridgehead atoms. The first-order valence-corrected chi connectivity index (χ1v) is 19.3. The van der Waals surface area contributed by atoms with Crippen molar-refractivity contribution in [3.63, 3.8) is 0 Å². The Labute approximate surface area is 294 Å². The van der Waals surface area contributed by atoms with E-state index in [-0.39, 0.29) is 47.5 Å². The predicted molar refractivity (Wildman–Crippen MR) is 195 cm³/mol. The van der Waals surface area contributed by atoms with Crippen LogP contribution in [0.4, 0.5) is 5.69 Å². The molecule has 8 nitrogen and oxygen atoms in total. The number of anilines is 1. The minimum atomic E-state index is -1.60. The first-order valence-electron chi connectivity index (χ1n) is 17.7. The van der Waals surface area contributed by atoms with Gasteiger partial charge >= 0.3 is 0 Å². The van der Waals surface area contributed by atoms with Crippen molar-refractivity contribution < 1.29 is 24.0 Å².